The van der Waals surface area contributed by atoms with E-state index >= 15 is 0 Å². The number of methoxy groups -OCH3 is 4. The van der Waals surface area contributed by atoms with Crippen LogP contribution in [0.3, 0.4) is 0 Å². The zero-order valence-electron chi connectivity index (χ0n) is 20.7. The van der Waals surface area contributed by atoms with Gasteiger partial charge >= 0.3 is 23.9 Å². The maximum Gasteiger partial charge on any atom is 0.338 e. The molecule has 2 N–H and O–H groups in total. The van der Waals surface area contributed by atoms with Crippen LogP contribution in [0.2, 0.25) is 5.02 Å². The van der Waals surface area contributed by atoms with Crippen LogP contribution in [0.5, 0.6) is 0 Å². The van der Waals surface area contributed by atoms with Gasteiger partial charge in [-0.2, -0.15) is 5.26 Å². The summed E-state index contributed by atoms with van der Waals surface area (Å²) in [5.41, 5.74) is 4.24. The van der Waals surface area contributed by atoms with Crippen molar-refractivity contribution in [3.8, 4) is 6.07 Å². The number of rotatable bonds is 7. The summed E-state index contributed by atoms with van der Waals surface area (Å²) >= 11 is 6.04. The van der Waals surface area contributed by atoms with E-state index in [0.717, 1.165) is 46.7 Å². The van der Waals surface area contributed by atoms with Crippen LogP contribution in [0.15, 0.2) is 70.6 Å². The van der Waals surface area contributed by atoms with Gasteiger partial charge < -0.3 is 29.6 Å². The first kappa shape index (κ1) is 28.7. The highest BCUT2D eigenvalue weighted by molar-refractivity contribution is 6.30. The Morgan fingerprint density at radius 3 is 1.97 bits per heavy atom. The van der Waals surface area contributed by atoms with E-state index in [9.17, 15) is 24.4 Å². The summed E-state index contributed by atoms with van der Waals surface area (Å²) in [6.07, 6.45) is 2.88. The van der Waals surface area contributed by atoms with Crippen molar-refractivity contribution in [2.45, 2.75) is 12.5 Å². The first-order valence-corrected chi connectivity index (χ1v) is 10.8. The summed E-state index contributed by atoms with van der Waals surface area (Å²) in [5.74, 6) is -3.82. The van der Waals surface area contributed by atoms with E-state index in [1.54, 1.807) is 24.3 Å². The lowest BCUT2D eigenvalue weighted by Crippen LogP contribution is -2.49. The van der Waals surface area contributed by atoms with Gasteiger partial charge in [-0.3, -0.25) is 0 Å². The van der Waals surface area contributed by atoms with Gasteiger partial charge in [-0.05, 0) is 37.3 Å². The molecule has 0 fully saturated rings. The van der Waals surface area contributed by atoms with Crippen LogP contribution in [0, 0.1) is 11.3 Å². The maximum atomic E-state index is 13.0. The second-order valence-corrected chi connectivity index (χ2v) is 7.94. The number of nitrogens with two attached hydrogens (primary N) is 1. The van der Waals surface area contributed by atoms with E-state index in [-0.39, 0.29) is 28.1 Å². The van der Waals surface area contributed by atoms with Crippen LogP contribution in [-0.4, -0.2) is 57.9 Å². The third-order valence-electron chi connectivity index (χ3n) is 5.52. The Labute approximate surface area is 217 Å². The molecule has 0 spiro atoms. The fraction of sp³-hybridized carbons (Fsp3) is 0.240. The Hall–Kier alpha value is -4.56. The SMILES string of the molecule is COC(=O)/C=C(\C=C1/C(C#N)=C(N)N(c2ccc(Cl)cc2)[C@@]1(C)/C(=C\C(=O)OC)C(=O)OC)C(=O)OC. The van der Waals surface area contributed by atoms with E-state index in [2.05, 4.69) is 4.74 Å². The number of ether oxygens (including phenoxy) is 4. The second-order valence-electron chi connectivity index (χ2n) is 7.50. The molecule has 0 aliphatic carbocycles. The molecule has 37 heavy (non-hydrogen) atoms. The summed E-state index contributed by atoms with van der Waals surface area (Å²) in [4.78, 5) is 51.3. The molecule has 0 saturated heterocycles. The zero-order chi connectivity index (χ0) is 27.9. The van der Waals surface area contributed by atoms with Crippen molar-refractivity contribution in [3.63, 3.8) is 0 Å². The summed E-state index contributed by atoms with van der Waals surface area (Å²) in [5, 5.41) is 10.5. The van der Waals surface area contributed by atoms with Gasteiger partial charge in [0.15, 0.2) is 0 Å². The largest absolute Gasteiger partial charge is 0.466 e. The van der Waals surface area contributed by atoms with Crippen LogP contribution >= 0.6 is 11.6 Å². The summed E-state index contributed by atoms with van der Waals surface area (Å²) in [6.45, 7) is 1.48. The normalized spacial score (nSPS) is 18.8. The van der Waals surface area contributed by atoms with E-state index in [1.807, 2.05) is 6.07 Å². The molecule has 1 aliphatic rings. The highest BCUT2D eigenvalue weighted by atomic mass is 35.5. The number of anilines is 1. The van der Waals surface area contributed by atoms with Gasteiger partial charge in [0.25, 0.3) is 0 Å². The third-order valence-corrected chi connectivity index (χ3v) is 5.78. The van der Waals surface area contributed by atoms with Crippen molar-refractivity contribution in [1.29, 1.82) is 5.26 Å². The monoisotopic (exact) mass is 529 g/mol. The van der Waals surface area contributed by atoms with Crippen LogP contribution < -0.4 is 10.6 Å². The number of hydrogen-bond acceptors (Lipinski definition) is 11. The van der Waals surface area contributed by atoms with E-state index < -0.39 is 29.4 Å². The van der Waals surface area contributed by atoms with Crippen LogP contribution in [0.4, 0.5) is 5.69 Å². The molecule has 194 valence electrons. The number of benzene rings is 1. The van der Waals surface area contributed by atoms with Crippen LogP contribution in [-0.2, 0) is 38.1 Å². The molecule has 1 atom stereocenters. The minimum atomic E-state index is -1.74. The lowest BCUT2D eigenvalue weighted by molar-refractivity contribution is -0.139. The molecule has 2 rings (SSSR count). The van der Waals surface area contributed by atoms with E-state index in [0.29, 0.717) is 10.7 Å². The molecule has 11 nitrogen and oxygen atoms in total. The average molecular weight is 530 g/mol. The molecule has 1 aromatic rings. The van der Waals surface area contributed by atoms with Crippen molar-refractivity contribution < 1.29 is 38.1 Å². The molecule has 1 aromatic carbocycles. The molecule has 1 heterocycles. The van der Waals surface area contributed by atoms with Gasteiger partial charge in [0, 0.05) is 28.4 Å². The number of nitrogens with zero attached hydrogens (tertiary/aromatic N) is 2. The molecule has 0 aromatic heterocycles. The Morgan fingerprint density at radius 2 is 1.49 bits per heavy atom. The summed E-state index contributed by atoms with van der Waals surface area (Å²) in [7, 11) is 4.41. The molecule has 0 amide bonds. The van der Waals surface area contributed by atoms with Crippen molar-refractivity contribution in [1.82, 2.24) is 0 Å². The fourth-order valence-corrected chi connectivity index (χ4v) is 3.87. The van der Waals surface area contributed by atoms with E-state index in [1.165, 1.54) is 11.8 Å². The zero-order valence-corrected chi connectivity index (χ0v) is 21.4. The predicted molar refractivity (Wildman–Crippen MR) is 131 cm³/mol. The lowest BCUT2D eigenvalue weighted by Gasteiger charge is -2.39. The Morgan fingerprint density at radius 1 is 0.946 bits per heavy atom. The first-order chi connectivity index (χ1) is 17.5. The molecule has 0 unspecified atom stereocenters. The average Bonchev–Trinajstić information content (AvgIpc) is 3.11. The fourth-order valence-electron chi connectivity index (χ4n) is 3.74. The molecule has 0 saturated carbocycles. The van der Waals surface area contributed by atoms with Gasteiger partial charge in [0.1, 0.15) is 17.4 Å². The Bertz CT molecular complexity index is 1290. The maximum absolute atomic E-state index is 13.0. The van der Waals surface area contributed by atoms with Crippen molar-refractivity contribution in [3.05, 3.63) is 75.6 Å². The number of nitriles is 1. The molecular weight excluding hydrogens is 506 g/mol. The van der Waals surface area contributed by atoms with Gasteiger partial charge in [0.2, 0.25) is 0 Å². The molecule has 0 bridgehead atoms. The highest BCUT2D eigenvalue weighted by Gasteiger charge is 2.52. The number of carbonyl (C=O) groups excluding carboxylic acids is 4. The van der Waals surface area contributed by atoms with Crippen molar-refractivity contribution in [2.24, 2.45) is 5.73 Å². The minimum Gasteiger partial charge on any atom is -0.466 e. The first-order valence-electron chi connectivity index (χ1n) is 10.4. The topological polar surface area (TPSA) is 158 Å². The van der Waals surface area contributed by atoms with Gasteiger partial charge in [0.05, 0.1) is 45.2 Å². The standard InChI is InChI=1S/C25H24ClN3O8/c1-25(19(24(33)37-5)12-21(31)35-3)18(10-14(23(32)36-4)11-20(30)34-2)17(13-27)22(28)29(25)16-8-6-15(26)7-9-16/h6-12H,28H2,1-5H3/b14-11+,18-10+,19-12-/t25-/m1/s1. The third kappa shape index (κ3) is 5.65. The van der Waals surface area contributed by atoms with Gasteiger partial charge in [-0.15, -0.1) is 0 Å². The van der Waals surface area contributed by atoms with Crippen LogP contribution in [0.25, 0.3) is 0 Å². The molecule has 12 heteroatoms. The Kier molecular flexibility index (Phi) is 9.24. The molecule has 0 radical (unpaired) electrons. The van der Waals surface area contributed by atoms with Crippen molar-refractivity contribution >= 4 is 41.2 Å². The smallest absolute Gasteiger partial charge is 0.338 e. The van der Waals surface area contributed by atoms with Gasteiger partial charge in [-0.1, -0.05) is 11.6 Å². The summed E-state index contributed by atoms with van der Waals surface area (Å²) in [6, 6.07) is 8.22. The number of esters is 4. The number of carbonyl (C=O) groups is 4. The van der Waals surface area contributed by atoms with E-state index in [4.69, 9.17) is 31.5 Å². The Balaban J connectivity index is 3.07. The summed E-state index contributed by atoms with van der Waals surface area (Å²) < 4.78 is 19.0. The lowest BCUT2D eigenvalue weighted by atomic mass is 9.80. The van der Waals surface area contributed by atoms with Crippen LogP contribution in [0.1, 0.15) is 6.92 Å². The molecular formula is C25H24ClN3O8. The number of halogens is 1. The highest BCUT2D eigenvalue weighted by Crippen LogP contribution is 2.48. The van der Waals surface area contributed by atoms with Crippen molar-refractivity contribution in [2.75, 3.05) is 33.3 Å². The quantitative estimate of drug-likeness (QED) is 0.313. The van der Waals surface area contributed by atoms with Gasteiger partial charge in [-0.25, -0.2) is 19.2 Å². The molecule has 1 aliphatic heterocycles. The second kappa shape index (κ2) is 11.9. The predicted octanol–water partition coefficient (Wildman–Crippen LogP) is 2.08. The number of hydrogen-bond donors (Lipinski definition) is 1. The minimum absolute atomic E-state index is 0.0245.